The molecular formula is C34H66N2O4. The van der Waals surface area contributed by atoms with Gasteiger partial charge in [0.1, 0.15) is 11.6 Å². The normalized spacial score (nSPS) is 22.1. The van der Waals surface area contributed by atoms with Crippen LogP contribution in [-0.2, 0) is 19.3 Å². The van der Waals surface area contributed by atoms with Gasteiger partial charge in [0.25, 0.3) is 0 Å². The monoisotopic (exact) mass is 567 g/mol. The second-order valence-corrected chi connectivity index (χ2v) is 14.8. The summed E-state index contributed by atoms with van der Waals surface area (Å²) >= 11 is 0. The Balaban J connectivity index is 0.000000400. The summed E-state index contributed by atoms with van der Waals surface area (Å²) in [6, 6.07) is 0. The average molecular weight is 567 g/mol. The largest absolute Gasteiger partial charge is 0.300 e. The Morgan fingerprint density at radius 2 is 0.725 bits per heavy atom. The first kappa shape index (κ1) is 37.2. The lowest BCUT2D eigenvalue weighted by molar-refractivity contribution is -0.275. The molecule has 2 aliphatic rings. The number of rotatable bonds is 16. The fourth-order valence-corrected chi connectivity index (χ4v) is 6.76. The maximum absolute atomic E-state index is 11.8. The molecule has 2 heterocycles. The van der Waals surface area contributed by atoms with Gasteiger partial charge in [-0.3, -0.25) is 19.3 Å². The number of ketones is 2. The van der Waals surface area contributed by atoms with E-state index in [0.29, 0.717) is 37.2 Å². The molecule has 0 aromatic rings. The molecule has 2 rings (SSSR count). The molecule has 0 radical (unpaired) electrons. The molecule has 2 aliphatic heterocycles. The molecule has 0 amide bonds. The van der Waals surface area contributed by atoms with Gasteiger partial charge in [-0.1, -0.05) is 78.1 Å². The lowest BCUT2D eigenvalue weighted by Gasteiger charge is -2.50. The first-order valence-electron chi connectivity index (χ1n) is 16.5. The van der Waals surface area contributed by atoms with Gasteiger partial charge >= 0.3 is 0 Å². The van der Waals surface area contributed by atoms with Crippen molar-refractivity contribution in [3.63, 3.8) is 0 Å². The summed E-state index contributed by atoms with van der Waals surface area (Å²) in [5.74, 6) is 0.693. The van der Waals surface area contributed by atoms with Crippen molar-refractivity contribution in [3.8, 4) is 0 Å². The summed E-state index contributed by atoms with van der Waals surface area (Å²) < 4.78 is 0. The van der Waals surface area contributed by atoms with Crippen LogP contribution in [0.25, 0.3) is 0 Å². The Bertz CT molecular complexity index is 642. The highest BCUT2D eigenvalue weighted by Gasteiger charge is 2.47. The molecular weight excluding hydrogens is 500 g/mol. The van der Waals surface area contributed by atoms with E-state index in [2.05, 4.69) is 79.4 Å². The Hall–Kier alpha value is -0.820. The van der Waals surface area contributed by atoms with Crippen LogP contribution in [0.1, 0.15) is 172 Å². The number of unbranched alkanes of at least 4 members (excludes halogenated alkanes) is 10. The first-order valence-corrected chi connectivity index (χ1v) is 16.5. The molecule has 2 fully saturated rings. The third-order valence-corrected chi connectivity index (χ3v) is 8.15. The lowest BCUT2D eigenvalue weighted by atomic mass is 9.81. The predicted octanol–water partition coefficient (Wildman–Crippen LogP) is 9.00. The van der Waals surface area contributed by atoms with Crippen LogP contribution in [0.2, 0.25) is 0 Å². The van der Waals surface area contributed by atoms with Crippen LogP contribution >= 0.6 is 0 Å². The third kappa shape index (κ3) is 13.0. The maximum atomic E-state index is 11.8. The van der Waals surface area contributed by atoms with Crippen LogP contribution in [0.15, 0.2) is 0 Å². The molecule has 0 spiro atoms. The molecule has 236 valence electrons. The van der Waals surface area contributed by atoms with Crippen molar-refractivity contribution in [1.82, 2.24) is 10.1 Å². The first-order chi connectivity index (χ1) is 18.6. The molecule has 40 heavy (non-hydrogen) atoms. The number of hydrogen-bond acceptors (Lipinski definition) is 6. The zero-order chi connectivity index (χ0) is 30.5. The number of nitrogens with zero attached hydrogens (tertiary/aromatic N) is 2. The number of hydrogen-bond donors (Lipinski definition) is 0. The number of Topliss-reactive ketones (excluding diaryl/α,β-unsaturated/α-hetero) is 2. The van der Waals surface area contributed by atoms with Crippen LogP contribution in [0, 0.1) is 0 Å². The zero-order valence-electron chi connectivity index (χ0n) is 28.3. The minimum atomic E-state index is -0.193. The Morgan fingerprint density at radius 1 is 0.475 bits per heavy atom. The molecule has 0 unspecified atom stereocenters. The Kier molecular flexibility index (Phi) is 16.1. The van der Waals surface area contributed by atoms with Crippen molar-refractivity contribution in [2.24, 2.45) is 0 Å². The Morgan fingerprint density at radius 3 is 1.00 bits per heavy atom. The standard InChI is InChI=1S/2C17H33NO2/c2*1-6-7-8-9-10-11-12-20-18-16(2,3)13-15(19)14-17(18,4)5/h2*6-14H2,1-5H3. The van der Waals surface area contributed by atoms with Crippen molar-refractivity contribution in [2.75, 3.05) is 13.2 Å². The SMILES string of the molecule is CCCCCCCCON1C(C)(C)CC(=O)CC1(C)C.CCCCCCCCON1C(C)(C)CC(=O)CC1(C)C. The lowest BCUT2D eigenvalue weighted by Crippen LogP contribution is -2.60. The second kappa shape index (κ2) is 17.3. The topological polar surface area (TPSA) is 59.1 Å². The Labute approximate surface area is 248 Å². The van der Waals surface area contributed by atoms with Gasteiger partial charge in [-0.05, 0) is 68.2 Å². The summed E-state index contributed by atoms with van der Waals surface area (Å²) in [7, 11) is 0. The van der Waals surface area contributed by atoms with Crippen LogP contribution in [0.3, 0.4) is 0 Å². The zero-order valence-corrected chi connectivity index (χ0v) is 28.3. The molecule has 0 aliphatic carbocycles. The van der Waals surface area contributed by atoms with Crippen LogP contribution < -0.4 is 0 Å². The average Bonchev–Trinajstić information content (AvgIpc) is 2.79. The van der Waals surface area contributed by atoms with E-state index in [1.54, 1.807) is 0 Å². The molecule has 0 N–H and O–H groups in total. The van der Waals surface area contributed by atoms with Crippen molar-refractivity contribution < 1.29 is 19.3 Å². The van der Waals surface area contributed by atoms with E-state index in [1.807, 2.05) is 0 Å². The number of hydroxylamine groups is 4. The van der Waals surface area contributed by atoms with E-state index in [9.17, 15) is 9.59 Å². The fourth-order valence-electron chi connectivity index (χ4n) is 6.76. The quantitative estimate of drug-likeness (QED) is 0.174. The second-order valence-electron chi connectivity index (χ2n) is 14.8. The minimum absolute atomic E-state index is 0.193. The molecule has 0 saturated carbocycles. The van der Waals surface area contributed by atoms with Gasteiger partial charge in [-0.25, -0.2) is 0 Å². The number of piperidine rings is 2. The third-order valence-electron chi connectivity index (χ3n) is 8.15. The van der Waals surface area contributed by atoms with Gasteiger partial charge < -0.3 is 0 Å². The van der Waals surface area contributed by atoms with E-state index in [-0.39, 0.29) is 22.2 Å². The van der Waals surface area contributed by atoms with Crippen molar-refractivity contribution in [1.29, 1.82) is 0 Å². The number of carbonyl (C=O) groups excluding carboxylic acids is 2. The van der Waals surface area contributed by atoms with E-state index in [4.69, 9.17) is 9.68 Å². The maximum Gasteiger partial charge on any atom is 0.136 e. The van der Waals surface area contributed by atoms with E-state index in [1.165, 1.54) is 64.2 Å². The van der Waals surface area contributed by atoms with E-state index in [0.717, 1.165) is 26.1 Å². The number of carbonyl (C=O) groups is 2. The van der Waals surface area contributed by atoms with Gasteiger partial charge in [0.15, 0.2) is 0 Å². The fraction of sp³-hybridized carbons (Fsp3) is 0.941. The predicted molar refractivity (Wildman–Crippen MR) is 167 cm³/mol. The molecule has 0 aromatic carbocycles. The molecule has 6 nitrogen and oxygen atoms in total. The van der Waals surface area contributed by atoms with Crippen LogP contribution in [0.5, 0.6) is 0 Å². The van der Waals surface area contributed by atoms with Crippen molar-refractivity contribution in [3.05, 3.63) is 0 Å². The van der Waals surface area contributed by atoms with Gasteiger partial charge in [0, 0.05) is 47.8 Å². The van der Waals surface area contributed by atoms with Crippen molar-refractivity contribution >= 4 is 11.6 Å². The van der Waals surface area contributed by atoms with Gasteiger partial charge in [0.2, 0.25) is 0 Å². The van der Waals surface area contributed by atoms with E-state index >= 15 is 0 Å². The van der Waals surface area contributed by atoms with Gasteiger partial charge in [-0.2, -0.15) is 10.1 Å². The summed E-state index contributed by atoms with van der Waals surface area (Å²) in [6.07, 6.45) is 17.6. The molecule has 0 atom stereocenters. The molecule has 2 saturated heterocycles. The highest BCUT2D eigenvalue weighted by molar-refractivity contribution is 5.82. The highest BCUT2D eigenvalue weighted by Crippen LogP contribution is 2.37. The molecule has 0 bridgehead atoms. The minimum Gasteiger partial charge on any atom is -0.300 e. The summed E-state index contributed by atoms with van der Waals surface area (Å²) in [5, 5.41) is 4.15. The van der Waals surface area contributed by atoms with Crippen LogP contribution in [0.4, 0.5) is 0 Å². The molecule has 6 heteroatoms. The summed E-state index contributed by atoms with van der Waals surface area (Å²) in [6.45, 7) is 22.9. The smallest absolute Gasteiger partial charge is 0.136 e. The molecule has 0 aromatic heterocycles. The summed E-state index contributed by atoms with van der Waals surface area (Å²) in [5.41, 5.74) is -0.774. The van der Waals surface area contributed by atoms with E-state index < -0.39 is 0 Å². The highest BCUT2D eigenvalue weighted by atomic mass is 16.7. The van der Waals surface area contributed by atoms with Gasteiger partial charge in [-0.15, -0.1) is 0 Å². The van der Waals surface area contributed by atoms with Crippen molar-refractivity contribution in [2.45, 2.75) is 194 Å². The van der Waals surface area contributed by atoms with Gasteiger partial charge in [0.05, 0.1) is 13.2 Å². The van der Waals surface area contributed by atoms with Crippen LogP contribution in [-0.4, -0.2) is 57.1 Å². The summed E-state index contributed by atoms with van der Waals surface area (Å²) in [4.78, 5) is 35.8.